The molecule has 0 aromatic carbocycles. The zero-order valence-corrected chi connectivity index (χ0v) is 23.1. The lowest BCUT2D eigenvalue weighted by atomic mass is 9.83. The van der Waals surface area contributed by atoms with E-state index in [-0.39, 0.29) is 24.1 Å². The van der Waals surface area contributed by atoms with Crippen molar-refractivity contribution in [3.05, 3.63) is 11.3 Å². The molecule has 1 fully saturated rings. The molecule has 1 saturated carbocycles. The molecule has 9 nitrogen and oxygen atoms in total. The maximum Gasteiger partial charge on any atom is 0.436 e. The summed E-state index contributed by atoms with van der Waals surface area (Å²) >= 11 is 0. The molecule has 2 amide bonds. The Morgan fingerprint density at radius 2 is 1.74 bits per heavy atom. The van der Waals surface area contributed by atoms with E-state index in [2.05, 4.69) is 30.4 Å². The number of nitrogens with zero attached hydrogens (tertiary/aromatic N) is 3. The molecule has 10 heteroatoms. The van der Waals surface area contributed by atoms with Gasteiger partial charge in [0.05, 0.1) is 32.5 Å². The van der Waals surface area contributed by atoms with Gasteiger partial charge in [0, 0.05) is 10.6 Å². The van der Waals surface area contributed by atoms with Gasteiger partial charge in [-0.25, -0.2) is 9.59 Å². The maximum absolute atomic E-state index is 13.7. The van der Waals surface area contributed by atoms with Crippen molar-refractivity contribution in [3.63, 3.8) is 0 Å². The Balaban J connectivity index is 2.03. The largest absolute Gasteiger partial charge is 0.448 e. The number of anilines is 1. The van der Waals surface area contributed by atoms with Crippen molar-refractivity contribution in [2.45, 2.75) is 110 Å². The minimum Gasteiger partial charge on any atom is -0.448 e. The average Bonchev–Trinajstić information content (AvgIpc) is 3.14. The second-order valence-electron chi connectivity index (χ2n) is 11.5. The zero-order valence-electron chi connectivity index (χ0n) is 22.1. The number of nitrogens with one attached hydrogen (secondary N) is 1. The van der Waals surface area contributed by atoms with Gasteiger partial charge in [-0.3, -0.25) is 9.69 Å². The lowest BCUT2D eigenvalue weighted by Crippen LogP contribution is -2.53. The molecule has 190 valence electrons. The Hall–Kier alpha value is -2.36. The summed E-state index contributed by atoms with van der Waals surface area (Å²) in [6.07, 6.45) is 1.62. The van der Waals surface area contributed by atoms with E-state index in [1.807, 2.05) is 34.6 Å². The molecule has 0 spiro atoms. The van der Waals surface area contributed by atoms with Crippen molar-refractivity contribution in [1.82, 2.24) is 14.7 Å². The highest BCUT2D eigenvalue weighted by molar-refractivity contribution is 6.84. The number of ether oxygens (including phenoxy) is 2. The van der Waals surface area contributed by atoms with E-state index < -0.39 is 31.4 Å². The van der Waals surface area contributed by atoms with Crippen LogP contribution in [0.2, 0.25) is 24.2 Å². The quantitative estimate of drug-likeness (QED) is 0.547. The fourth-order valence-corrected chi connectivity index (χ4v) is 8.00. The fourth-order valence-electron chi connectivity index (χ4n) is 4.94. The first-order valence-corrected chi connectivity index (χ1v) is 15.4. The third-order valence-corrected chi connectivity index (χ3v) is 12.7. The number of carbonyl (C=O) groups is 3. The molecule has 1 aromatic heterocycles. The molecule has 1 N–H and O–H groups in total. The standard InChI is InChI=1S/C24H40N4O5Si/c1-10-32-21(31)28-18(25-19(29)24(13-12-14-24)34(8,9)11-2)16-15-27(20(30)33-22(3,4)5)23(6,7)17(16)26-28/h10-15H2,1-9H3,(H,25,29). The van der Waals surface area contributed by atoms with Crippen LogP contribution in [0.15, 0.2) is 0 Å². The summed E-state index contributed by atoms with van der Waals surface area (Å²) in [6.45, 7) is 17.9. The van der Waals surface area contributed by atoms with Crippen LogP contribution in [0.25, 0.3) is 0 Å². The normalized spacial score (nSPS) is 18.7. The van der Waals surface area contributed by atoms with Gasteiger partial charge in [-0.05, 0) is 54.4 Å². The summed E-state index contributed by atoms with van der Waals surface area (Å²) in [4.78, 5) is 41.1. The van der Waals surface area contributed by atoms with Gasteiger partial charge in [0.2, 0.25) is 5.91 Å². The third-order valence-electron chi connectivity index (χ3n) is 7.66. The molecule has 1 aliphatic heterocycles. The molecule has 3 rings (SSSR count). The Kier molecular flexibility index (Phi) is 6.71. The molecule has 1 aromatic rings. The van der Waals surface area contributed by atoms with E-state index >= 15 is 0 Å². The smallest absolute Gasteiger partial charge is 0.436 e. The number of hydrogen-bond acceptors (Lipinski definition) is 6. The van der Waals surface area contributed by atoms with Crippen molar-refractivity contribution in [3.8, 4) is 0 Å². The lowest BCUT2D eigenvalue weighted by molar-refractivity contribution is -0.121. The van der Waals surface area contributed by atoms with Crippen LogP contribution in [-0.4, -0.2) is 53.1 Å². The van der Waals surface area contributed by atoms with Crippen LogP contribution in [-0.2, 0) is 26.4 Å². The Labute approximate surface area is 203 Å². The molecule has 0 saturated heterocycles. The molecular formula is C24H40N4O5Si. The predicted octanol–water partition coefficient (Wildman–Crippen LogP) is 5.46. The van der Waals surface area contributed by atoms with Crippen molar-refractivity contribution in [2.24, 2.45) is 0 Å². The molecule has 2 heterocycles. The number of fused-ring (bicyclic) bond motifs is 1. The van der Waals surface area contributed by atoms with Gasteiger partial charge in [0.1, 0.15) is 11.4 Å². The van der Waals surface area contributed by atoms with Crippen LogP contribution in [0.5, 0.6) is 0 Å². The zero-order chi connectivity index (χ0) is 25.7. The molecule has 0 radical (unpaired) electrons. The lowest BCUT2D eigenvalue weighted by Gasteiger charge is -2.50. The van der Waals surface area contributed by atoms with Gasteiger partial charge in [-0.15, -0.1) is 4.68 Å². The van der Waals surface area contributed by atoms with E-state index in [1.54, 1.807) is 11.8 Å². The molecule has 34 heavy (non-hydrogen) atoms. The minimum absolute atomic E-state index is 0.0564. The van der Waals surface area contributed by atoms with Gasteiger partial charge in [-0.1, -0.05) is 32.5 Å². The molecule has 0 bridgehead atoms. The topological polar surface area (TPSA) is 103 Å². The van der Waals surface area contributed by atoms with Gasteiger partial charge in [-0.2, -0.15) is 5.10 Å². The summed E-state index contributed by atoms with van der Waals surface area (Å²) in [6, 6.07) is 0.995. The van der Waals surface area contributed by atoms with Crippen LogP contribution in [0.1, 0.15) is 79.0 Å². The molecule has 1 aliphatic carbocycles. The highest BCUT2D eigenvalue weighted by atomic mass is 28.3. The Morgan fingerprint density at radius 1 is 1.12 bits per heavy atom. The van der Waals surface area contributed by atoms with Gasteiger partial charge in [0.25, 0.3) is 0 Å². The van der Waals surface area contributed by atoms with E-state index in [0.717, 1.165) is 30.0 Å². The first-order valence-electron chi connectivity index (χ1n) is 12.2. The third kappa shape index (κ3) is 4.25. The van der Waals surface area contributed by atoms with E-state index in [4.69, 9.17) is 9.47 Å². The molecular weight excluding hydrogens is 452 g/mol. The van der Waals surface area contributed by atoms with Crippen LogP contribution < -0.4 is 5.32 Å². The fraction of sp³-hybridized carbons (Fsp3) is 0.750. The number of amides is 2. The Bertz CT molecular complexity index is 988. The van der Waals surface area contributed by atoms with E-state index in [9.17, 15) is 14.4 Å². The Morgan fingerprint density at radius 3 is 2.21 bits per heavy atom. The molecule has 0 unspecified atom stereocenters. The second kappa shape index (κ2) is 8.69. The van der Waals surface area contributed by atoms with Crippen molar-refractivity contribution in [1.29, 1.82) is 0 Å². The summed E-state index contributed by atoms with van der Waals surface area (Å²) < 4.78 is 12.0. The van der Waals surface area contributed by atoms with Gasteiger partial charge in [0.15, 0.2) is 0 Å². The van der Waals surface area contributed by atoms with Crippen LogP contribution in [0, 0.1) is 0 Å². The highest BCUT2D eigenvalue weighted by Crippen LogP contribution is 2.57. The summed E-state index contributed by atoms with van der Waals surface area (Å²) in [5, 5.41) is 7.24. The highest BCUT2D eigenvalue weighted by Gasteiger charge is 2.56. The second-order valence-corrected chi connectivity index (χ2v) is 17.0. The number of aromatic nitrogens is 2. The molecule has 0 atom stereocenters. The number of carbonyl (C=O) groups excluding carboxylic acids is 3. The monoisotopic (exact) mass is 492 g/mol. The van der Waals surface area contributed by atoms with Crippen LogP contribution >= 0.6 is 0 Å². The minimum atomic E-state index is -1.85. The first-order chi connectivity index (χ1) is 15.6. The van der Waals surface area contributed by atoms with Crippen molar-refractivity contribution < 1.29 is 23.9 Å². The summed E-state index contributed by atoms with van der Waals surface area (Å²) in [5.41, 5.74) is -0.290. The number of hydrogen-bond donors (Lipinski definition) is 1. The van der Waals surface area contributed by atoms with Crippen molar-refractivity contribution >= 4 is 32.0 Å². The van der Waals surface area contributed by atoms with E-state index in [1.165, 1.54) is 0 Å². The first kappa shape index (κ1) is 26.2. The SMILES string of the molecule is CCOC(=O)n1nc2c(c1NC(=O)C1([Si](C)(C)CC)CCC1)CN(C(=O)OC(C)(C)C)C2(C)C. The summed E-state index contributed by atoms with van der Waals surface area (Å²) in [5.74, 6) is 0.240. The van der Waals surface area contributed by atoms with Crippen molar-refractivity contribution in [2.75, 3.05) is 11.9 Å². The molecule has 2 aliphatic rings. The number of rotatable bonds is 5. The summed E-state index contributed by atoms with van der Waals surface area (Å²) in [7, 11) is -1.85. The predicted molar refractivity (Wildman–Crippen MR) is 133 cm³/mol. The van der Waals surface area contributed by atoms with E-state index in [0.29, 0.717) is 17.1 Å². The van der Waals surface area contributed by atoms with Crippen LogP contribution in [0.4, 0.5) is 15.4 Å². The average molecular weight is 493 g/mol. The van der Waals surface area contributed by atoms with Gasteiger partial charge < -0.3 is 14.8 Å². The van der Waals surface area contributed by atoms with Crippen LogP contribution in [0.3, 0.4) is 0 Å². The maximum atomic E-state index is 13.7. The van der Waals surface area contributed by atoms with Gasteiger partial charge >= 0.3 is 12.2 Å².